The third-order valence-corrected chi connectivity index (χ3v) is 3.25. The molecule has 0 atom stereocenters. The Morgan fingerprint density at radius 1 is 1.27 bits per heavy atom. The maximum Gasteiger partial charge on any atom is 0.251 e. The van der Waals surface area contributed by atoms with Crippen LogP contribution in [-0.4, -0.2) is 4.98 Å². The Morgan fingerprint density at radius 2 is 1.93 bits per heavy atom. The molecule has 0 aliphatic heterocycles. The monoisotopic (exact) mass is 269 g/mol. The number of hydrogen-bond acceptors (Lipinski definition) is 1. The summed E-state index contributed by atoms with van der Waals surface area (Å²) in [5.41, 5.74) is 1.47. The molecule has 78 valence electrons. The SMILES string of the molecule is Cc1c(C)c2ccc(Br)c(F)c2[nH]c1=O. The van der Waals surface area contributed by atoms with Gasteiger partial charge in [-0.1, -0.05) is 6.07 Å². The molecule has 1 aromatic carbocycles. The molecule has 0 radical (unpaired) electrons. The summed E-state index contributed by atoms with van der Waals surface area (Å²) >= 11 is 3.09. The molecule has 2 nitrogen and oxygen atoms in total. The third-order valence-electron chi connectivity index (χ3n) is 2.64. The lowest BCUT2D eigenvalue weighted by Crippen LogP contribution is -2.12. The summed E-state index contributed by atoms with van der Waals surface area (Å²) in [6.07, 6.45) is 0. The van der Waals surface area contributed by atoms with E-state index in [1.807, 2.05) is 6.92 Å². The van der Waals surface area contributed by atoms with Gasteiger partial charge in [-0.25, -0.2) is 4.39 Å². The largest absolute Gasteiger partial charge is 0.319 e. The highest BCUT2D eigenvalue weighted by Gasteiger charge is 2.10. The highest BCUT2D eigenvalue weighted by Crippen LogP contribution is 2.25. The highest BCUT2D eigenvalue weighted by molar-refractivity contribution is 9.10. The summed E-state index contributed by atoms with van der Waals surface area (Å²) < 4.78 is 14.0. The fraction of sp³-hybridized carbons (Fsp3) is 0.182. The number of halogens is 2. The van der Waals surface area contributed by atoms with E-state index in [1.165, 1.54) is 0 Å². The standard InChI is InChI=1S/C11H9BrFNO/c1-5-6(2)11(15)14-10-7(5)3-4-8(12)9(10)13/h3-4H,1-2H3,(H,14,15). The second-order valence-corrected chi connectivity index (χ2v) is 4.34. The first-order valence-corrected chi connectivity index (χ1v) is 5.29. The van der Waals surface area contributed by atoms with Crippen molar-refractivity contribution in [2.75, 3.05) is 0 Å². The topological polar surface area (TPSA) is 32.9 Å². The van der Waals surface area contributed by atoms with Gasteiger partial charge in [0, 0.05) is 10.9 Å². The Bertz CT molecular complexity index is 604. The summed E-state index contributed by atoms with van der Waals surface area (Å²) in [7, 11) is 0. The zero-order chi connectivity index (χ0) is 11.2. The molecular formula is C11H9BrFNO. The Morgan fingerprint density at radius 3 is 2.60 bits per heavy atom. The van der Waals surface area contributed by atoms with Gasteiger partial charge < -0.3 is 4.98 Å². The number of benzene rings is 1. The van der Waals surface area contributed by atoms with Crippen LogP contribution in [0.2, 0.25) is 0 Å². The summed E-state index contributed by atoms with van der Waals surface area (Å²) in [6, 6.07) is 3.43. The number of rotatable bonds is 0. The van der Waals surface area contributed by atoms with Crippen molar-refractivity contribution in [1.82, 2.24) is 4.98 Å². The lowest BCUT2D eigenvalue weighted by Gasteiger charge is -2.06. The van der Waals surface area contributed by atoms with Gasteiger partial charge in [-0.3, -0.25) is 4.79 Å². The van der Waals surface area contributed by atoms with Crippen LogP contribution in [0.15, 0.2) is 21.4 Å². The average molecular weight is 270 g/mol. The molecule has 2 aromatic rings. The van der Waals surface area contributed by atoms with E-state index in [9.17, 15) is 9.18 Å². The minimum Gasteiger partial charge on any atom is -0.319 e. The number of fused-ring (bicyclic) bond motifs is 1. The van der Waals surface area contributed by atoms with Crippen molar-refractivity contribution in [2.24, 2.45) is 0 Å². The van der Waals surface area contributed by atoms with Crippen molar-refractivity contribution >= 4 is 26.8 Å². The molecule has 0 aliphatic carbocycles. The zero-order valence-electron chi connectivity index (χ0n) is 8.32. The van der Waals surface area contributed by atoms with Gasteiger partial charge in [0.2, 0.25) is 0 Å². The van der Waals surface area contributed by atoms with Gasteiger partial charge in [-0.15, -0.1) is 0 Å². The second-order valence-electron chi connectivity index (χ2n) is 3.49. The molecule has 0 unspecified atom stereocenters. The maximum atomic E-state index is 13.7. The van der Waals surface area contributed by atoms with Crippen molar-refractivity contribution in [2.45, 2.75) is 13.8 Å². The number of aromatic amines is 1. The molecule has 15 heavy (non-hydrogen) atoms. The van der Waals surface area contributed by atoms with Crippen molar-refractivity contribution in [3.8, 4) is 0 Å². The van der Waals surface area contributed by atoms with E-state index in [1.54, 1.807) is 19.1 Å². The van der Waals surface area contributed by atoms with Crippen LogP contribution in [0.25, 0.3) is 10.9 Å². The molecule has 0 amide bonds. The number of aromatic nitrogens is 1. The smallest absolute Gasteiger partial charge is 0.251 e. The molecule has 0 saturated heterocycles. The molecule has 1 heterocycles. The Kier molecular flexibility index (Phi) is 2.38. The predicted octanol–water partition coefficient (Wildman–Crippen LogP) is 3.05. The summed E-state index contributed by atoms with van der Waals surface area (Å²) in [4.78, 5) is 14.0. The molecule has 4 heteroatoms. The molecule has 0 saturated carbocycles. The Hall–Kier alpha value is -1.16. The Labute approximate surface area is 94.3 Å². The molecule has 1 aromatic heterocycles. The van der Waals surface area contributed by atoms with E-state index in [0.717, 1.165) is 10.9 Å². The van der Waals surface area contributed by atoms with Crippen molar-refractivity contribution in [1.29, 1.82) is 0 Å². The summed E-state index contributed by atoms with van der Waals surface area (Å²) in [5, 5.41) is 0.743. The normalized spacial score (nSPS) is 10.9. The van der Waals surface area contributed by atoms with E-state index < -0.39 is 5.82 Å². The van der Waals surface area contributed by atoms with Gasteiger partial charge >= 0.3 is 0 Å². The van der Waals surface area contributed by atoms with Crippen LogP contribution in [0.4, 0.5) is 4.39 Å². The summed E-state index contributed by atoms with van der Waals surface area (Å²) in [5.74, 6) is -0.423. The fourth-order valence-corrected chi connectivity index (χ4v) is 1.90. The van der Waals surface area contributed by atoms with Crippen molar-refractivity contribution < 1.29 is 4.39 Å². The predicted molar refractivity (Wildman–Crippen MR) is 61.7 cm³/mol. The zero-order valence-corrected chi connectivity index (χ0v) is 9.90. The molecule has 2 rings (SSSR count). The molecule has 0 spiro atoms. The first-order chi connectivity index (χ1) is 7.02. The van der Waals surface area contributed by atoms with Crippen LogP contribution in [-0.2, 0) is 0 Å². The molecule has 0 bridgehead atoms. The first kappa shape index (κ1) is 10.4. The van der Waals surface area contributed by atoms with Crippen LogP contribution < -0.4 is 5.56 Å². The number of hydrogen-bond donors (Lipinski definition) is 1. The maximum absolute atomic E-state index is 13.7. The van der Waals surface area contributed by atoms with Crippen molar-refractivity contribution in [3.63, 3.8) is 0 Å². The van der Waals surface area contributed by atoms with Gasteiger partial charge in [0.15, 0.2) is 5.82 Å². The van der Waals surface area contributed by atoms with Gasteiger partial charge in [0.25, 0.3) is 5.56 Å². The van der Waals surface area contributed by atoms with Crippen molar-refractivity contribution in [3.05, 3.63) is 43.9 Å². The number of nitrogens with one attached hydrogen (secondary N) is 1. The van der Waals surface area contributed by atoms with Crippen LogP contribution in [0.3, 0.4) is 0 Å². The Balaban J connectivity index is 3.05. The van der Waals surface area contributed by atoms with Crippen LogP contribution in [0, 0.1) is 19.7 Å². The van der Waals surface area contributed by atoms with Crippen LogP contribution in [0.5, 0.6) is 0 Å². The minimum atomic E-state index is -0.423. The van der Waals surface area contributed by atoms with E-state index in [4.69, 9.17) is 0 Å². The second kappa shape index (κ2) is 3.45. The molecular weight excluding hydrogens is 261 g/mol. The average Bonchev–Trinajstić information content (AvgIpc) is 2.21. The molecule has 1 N–H and O–H groups in total. The van der Waals surface area contributed by atoms with E-state index in [2.05, 4.69) is 20.9 Å². The first-order valence-electron chi connectivity index (χ1n) is 4.49. The summed E-state index contributed by atoms with van der Waals surface area (Å²) in [6.45, 7) is 3.55. The van der Waals surface area contributed by atoms with Gasteiger partial charge in [-0.2, -0.15) is 0 Å². The van der Waals surface area contributed by atoms with Gasteiger partial charge in [0.05, 0.1) is 9.99 Å². The third kappa shape index (κ3) is 1.49. The van der Waals surface area contributed by atoms with Gasteiger partial charge in [0.1, 0.15) is 0 Å². The molecule has 0 fully saturated rings. The quantitative estimate of drug-likeness (QED) is 0.784. The van der Waals surface area contributed by atoms with Crippen LogP contribution >= 0.6 is 15.9 Å². The fourth-order valence-electron chi connectivity index (χ4n) is 1.56. The molecule has 0 aliphatic rings. The van der Waals surface area contributed by atoms with Gasteiger partial charge in [-0.05, 0) is 41.4 Å². The number of aryl methyl sites for hydroxylation is 1. The van der Waals surface area contributed by atoms with E-state index >= 15 is 0 Å². The minimum absolute atomic E-state index is 0.239. The van der Waals surface area contributed by atoms with E-state index in [0.29, 0.717) is 10.0 Å². The lowest BCUT2D eigenvalue weighted by atomic mass is 10.1. The number of H-pyrrole nitrogens is 1. The number of pyridine rings is 1. The highest BCUT2D eigenvalue weighted by atomic mass is 79.9. The van der Waals surface area contributed by atoms with E-state index in [-0.39, 0.29) is 11.1 Å². The van der Waals surface area contributed by atoms with Crippen LogP contribution in [0.1, 0.15) is 11.1 Å². The lowest BCUT2D eigenvalue weighted by molar-refractivity contribution is 0.630.